The Morgan fingerprint density at radius 1 is 0.939 bits per heavy atom. The number of carbonyl (C=O) groups excluding carboxylic acids is 3. The number of urea groups is 1. The van der Waals surface area contributed by atoms with E-state index in [9.17, 15) is 19.5 Å². The van der Waals surface area contributed by atoms with Crippen molar-refractivity contribution < 1.29 is 38.4 Å². The van der Waals surface area contributed by atoms with Crippen LogP contribution in [-0.2, 0) is 9.53 Å². The Bertz CT molecular complexity index is 1450. The highest BCUT2D eigenvalue weighted by Gasteiger charge is 2.31. The number of rotatable bonds is 7. The first-order valence-corrected chi connectivity index (χ1v) is 17.7. The maximum absolute atomic E-state index is 14.4. The Hall–Kier alpha value is -4.03. The third-order valence-corrected chi connectivity index (χ3v) is 9.72. The molecule has 268 valence electrons. The largest absolute Gasteiger partial charge is 0.490 e. The number of benzene rings is 2. The van der Waals surface area contributed by atoms with Gasteiger partial charge in [0.25, 0.3) is 5.91 Å². The first kappa shape index (κ1) is 36.3. The topological polar surface area (TPSA) is 139 Å². The average Bonchev–Trinajstić information content (AvgIpc) is 3.58. The molecule has 12 nitrogen and oxygen atoms in total. The van der Waals surface area contributed by atoms with Crippen LogP contribution in [0.5, 0.6) is 17.2 Å². The zero-order chi connectivity index (χ0) is 34.9. The Labute approximate surface area is 289 Å². The maximum atomic E-state index is 14.4. The fourth-order valence-electron chi connectivity index (χ4n) is 6.62. The fourth-order valence-corrected chi connectivity index (χ4v) is 6.62. The summed E-state index contributed by atoms with van der Waals surface area (Å²) in [5.74, 6) is 1.08. The second kappa shape index (κ2) is 17.1. The molecule has 12 heteroatoms. The molecule has 1 aliphatic carbocycles. The van der Waals surface area contributed by atoms with Gasteiger partial charge in [-0.15, -0.1) is 0 Å². The van der Waals surface area contributed by atoms with E-state index in [2.05, 4.69) is 10.6 Å². The van der Waals surface area contributed by atoms with Crippen LogP contribution in [0, 0.1) is 11.8 Å². The molecule has 3 N–H and O–H groups in total. The van der Waals surface area contributed by atoms with Gasteiger partial charge in [-0.05, 0) is 76.3 Å². The van der Waals surface area contributed by atoms with E-state index < -0.39 is 12.1 Å². The van der Waals surface area contributed by atoms with Gasteiger partial charge in [0.1, 0.15) is 5.75 Å². The van der Waals surface area contributed by atoms with Crippen molar-refractivity contribution in [2.24, 2.45) is 11.8 Å². The van der Waals surface area contributed by atoms with Gasteiger partial charge in [0.15, 0.2) is 11.5 Å². The van der Waals surface area contributed by atoms with Gasteiger partial charge in [0.2, 0.25) is 12.7 Å². The van der Waals surface area contributed by atoms with E-state index >= 15 is 0 Å². The molecule has 2 aromatic rings. The van der Waals surface area contributed by atoms with Crippen molar-refractivity contribution in [3.8, 4) is 17.2 Å². The molecule has 4 amide bonds. The molecule has 5 rings (SSSR count). The van der Waals surface area contributed by atoms with Crippen LogP contribution in [0.1, 0.15) is 82.5 Å². The summed E-state index contributed by atoms with van der Waals surface area (Å²) >= 11 is 0. The molecular weight excluding hydrogens is 628 g/mol. The molecule has 2 aromatic carbocycles. The monoisotopic (exact) mass is 680 g/mol. The van der Waals surface area contributed by atoms with Crippen LogP contribution in [0.2, 0.25) is 0 Å². The lowest BCUT2D eigenvalue weighted by molar-refractivity contribution is -0.120. The van der Waals surface area contributed by atoms with Crippen molar-refractivity contribution >= 4 is 29.2 Å². The SMILES string of the molecule is C[C@@H]1CCCCO[C@@H](CN(C)C(=O)Nc2ccc3c(c2)OCO3)[C@@H](C)CN([C@@H](C)CO)C(=O)c2cc(NC(=O)C3CCCCC3)ccc2O1. The smallest absolute Gasteiger partial charge is 0.321 e. The number of nitrogens with zero attached hydrogens (tertiary/aromatic N) is 2. The van der Waals surface area contributed by atoms with E-state index in [4.69, 9.17) is 18.9 Å². The van der Waals surface area contributed by atoms with Crippen LogP contribution < -0.4 is 24.8 Å². The summed E-state index contributed by atoms with van der Waals surface area (Å²) in [6, 6.07) is 9.66. The standard InChI is InChI=1S/C37H52N4O8/c1-24-20-41(25(2)22-42)36(44)30-18-28(38-35(43)27-11-6-5-7-12-27)13-15-31(30)49-26(3)10-8-9-17-46-34(24)21-40(4)37(45)39-29-14-16-32-33(19-29)48-23-47-32/h13-16,18-19,24-27,34,42H,5-12,17,20-23H2,1-4H3,(H,38,43)(H,39,45)/t24-,25-,26+,34-/m0/s1. The summed E-state index contributed by atoms with van der Waals surface area (Å²) in [4.78, 5) is 44.0. The Kier molecular flexibility index (Phi) is 12.6. The van der Waals surface area contributed by atoms with E-state index in [1.807, 2.05) is 13.8 Å². The normalized spacial score (nSPS) is 22.7. The van der Waals surface area contributed by atoms with Crippen molar-refractivity contribution in [3.63, 3.8) is 0 Å². The summed E-state index contributed by atoms with van der Waals surface area (Å²) in [5.41, 5.74) is 1.45. The minimum Gasteiger partial charge on any atom is -0.490 e. The third-order valence-electron chi connectivity index (χ3n) is 9.72. The zero-order valence-corrected chi connectivity index (χ0v) is 29.2. The number of anilines is 2. The highest BCUT2D eigenvalue weighted by atomic mass is 16.7. The number of likely N-dealkylation sites (N-methyl/N-ethyl adjacent to an activating group) is 1. The Morgan fingerprint density at radius 2 is 1.63 bits per heavy atom. The average molecular weight is 681 g/mol. The van der Waals surface area contributed by atoms with Gasteiger partial charge in [-0.25, -0.2) is 4.79 Å². The van der Waals surface area contributed by atoms with E-state index in [-0.39, 0.29) is 62.3 Å². The number of carbonyl (C=O) groups is 3. The summed E-state index contributed by atoms with van der Waals surface area (Å²) in [6.45, 7) is 6.70. The number of aliphatic hydroxyl groups is 1. The molecule has 0 aromatic heterocycles. The lowest BCUT2D eigenvalue weighted by atomic mass is 9.88. The van der Waals surface area contributed by atoms with Crippen LogP contribution >= 0.6 is 0 Å². The molecular formula is C37H52N4O8. The van der Waals surface area contributed by atoms with Crippen LogP contribution in [-0.4, -0.2) is 91.1 Å². The lowest BCUT2D eigenvalue weighted by Gasteiger charge is -2.35. The maximum Gasteiger partial charge on any atom is 0.321 e. The van der Waals surface area contributed by atoms with Gasteiger partial charge in [-0.1, -0.05) is 26.2 Å². The first-order valence-electron chi connectivity index (χ1n) is 17.7. The number of ether oxygens (including phenoxy) is 4. The number of nitrogens with one attached hydrogen (secondary N) is 2. The Balaban J connectivity index is 1.35. The van der Waals surface area contributed by atoms with Crippen molar-refractivity contribution in [3.05, 3.63) is 42.0 Å². The van der Waals surface area contributed by atoms with Crippen LogP contribution in [0.3, 0.4) is 0 Å². The summed E-state index contributed by atoms with van der Waals surface area (Å²) < 4.78 is 23.5. The number of fused-ring (bicyclic) bond motifs is 2. The van der Waals surface area contributed by atoms with Gasteiger partial charge in [0.05, 0.1) is 30.4 Å². The molecule has 3 aliphatic rings. The highest BCUT2D eigenvalue weighted by molar-refractivity contribution is 6.00. The first-order chi connectivity index (χ1) is 23.6. The number of hydrogen-bond donors (Lipinski definition) is 3. The molecule has 0 spiro atoms. The zero-order valence-electron chi connectivity index (χ0n) is 29.2. The van der Waals surface area contributed by atoms with Crippen molar-refractivity contribution in [2.75, 3.05) is 50.8 Å². The molecule has 2 heterocycles. The molecule has 49 heavy (non-hydrogen) atoms. The molecule has 0 bridgehead atoms. The molecule has 4 atom stereocenters. The van der Waals surface area contributed by atoms with E-state index in [0.717, 1.165) is 51.4 Å². The van der Waals surface area contributed by atoms with Crippen molar-refractivity contribution in [1.82, 2.24) is 9.80 Å². The third kappa shape index (κ3) is 9.57. The van der Waals surface area contributed by atoms with E-state index in [1.54, 1.807) is 60.2 Å². The van der Waals surface area contributed by atoms with E-state index in [0.29, 0.717) is 40.8 Å². The highest BCUT2D eigenvalue weighted by Crippen LogP contribution is 2.34. The predicted octanol–water partition coefficient (Wildman–Crippen LogP) is 5.89. The second-order valence-corrected chi connectivity index (χ2v) is 13.7. The predicted molar refractivity (Wildman–Crippen MR) is 186 cm³/mol. The number of amides is 4. The minimum absolute atomic E-state index is 0.0249. The molecule has 0 saturated heterocycles. The second-order valence-electron chi connectivity index (χ2n) is 13.7. The molecule has 1 saturated carbocycles. The van der Waals surface area contributed by atoms with Crippen molar-refractivity contribution in [1.29, 1.82) is 0 Å². The quantitative estimate of drug-likeness (QED) is 0.329. The van der Waals surface area contributed by atoms with Crippen LogP contribution in [0.25, 0.3) is 0 Å². The summed E-state index contributed by atoms with van der Waals surface area (Å²) in [6.07, 6.45) is 6.84. The minimum atomic E-state index is -0.513. The fraction of sp³-hybridized carbons (Fsp3) is 0.595. The van der Waals surface area contributed by atoms with Gasteiger partial charge in [-0.2, -0.15) is 0 Å². The van der Waals surface area contributed by atoms with E-state index in [1.165, 1.54) is 0 Å². The molecule has 2 aliphatic heterocycles. The number of aliphatic hydroxyl groups excluding tert-OH is 1. The Morgan fingerprint density at radius 3 is 2.39 bits per heavy atom. The van der Waals surface area contributed by atoms with Gasteiger partial charge >= 0.3 is 6.03 Å². The summed E-state index contributed by atoms with van der Waals surface area (Å²) in [7, 11) is 1.71. The van der Waals surface area contributed by atoms with Crippen molar-refractivity contribution in [2.45, 2.75) is 90.4 Å². The molecule has 0 unspecified atom stereocenters. The van der Waals surface area contributed by atoms with Crippen LogP contribution in [0.4, 0.5) is 16.2 Å². The number of hydrogen-bond acceptors (Lipinski definition) is 8. The summed E-state index contributed by atoms with van der Waals surface area (Å²) in [5, 5.41) is 16.2. The lowest BCUT2D eigenvalue weighted by Crippen LogP contribution is -2.48. The van der Waals surface area contributed by atoms with Gasteiger partial charge in [0, 0.05) is 56.0 Å². The van der Waals surface area contributed by atoms with Gasteiger partial charge < -0.3 is 44.5 Å². The molecule has 0 radical (unpaired) electrons. The van der Waals surface area contributed by atoms with Crippen LogP contribution in [0.15, 0.2) is 36.4 Å². The van der Waals surface area contributed by atoms with Gasteiger partial charge in [-0.3, -0.25) is 9.59 Å². The molecule has 1 fully saturated rings.